The fraction of sp³-hybridized carbons (Fsp3) is 0.267. The highest BCUT2D eigenvalue weighted by molar-refractivity contribution is 6.51. The van der Waals surface area contributed by atoms with E-state index in [2.05, 4.69) is 0 Å². The Bertz CT molecular complexity index is 1370. The minimum absolute atomic E-state index is 0.00299. The Morgan fingerprint density at radius 2 is 1.64 bits per heavy atom. The lowest BCUT2D eigenvalue weighted by molar-refractivity contribution is -0.132. The smallest absolute Gasteiger partial charge is 0.300 e. The summed E-state index contributed by atoms with van der Waals surface area (Å²) in [6, 6.07) is 17.3. The predicted octanol–water partition coefficient (Wildman–Crippen LogP) is 6.03. The third-order valence-electron chi connectivity index (χ3n) is 6.30. The van der Waals surface area contributed by atoms with Crippen molar-refractivity contribution < 1.29 is 24.2 Å². The molecular weight excluding hydrogens is 454 g/mol. The molecule has 0 aliphatic carbocycles. The maximum Gasteiger partial charge on any atom is 0.300 e. The molecule has 1 amide bonds. The Morgan fingerprint density at radius 3 is 2.28 bits per heavy atom. The van der Waals surface area contributed by atoms with Gasteiger partial charge in [0.25, 0.3) is 11.7 Å². The number of para-hydroxylation sites is 1. The summed E-state index contributed by atoms with van der Waals surface area (Å²) in [6.45, 7) is 9.63. The fourth-order valence-electron chi connectivity index (χ4n) is 4.68. The second kappa shape index (κ2) is 9.90. The molecule has 0 bridgehead atoms. The van der Waals surface area contributed by atoms with E-state index in [1.165, 1.54) is 4.90 Å². The maximum atomic E-state index is 13.5. The molecule has 0 radical (unpaired) electrons. The lowest BCUT2D eigenvalue weighted by Crippen LogP contribution is -2.30. The quantitative estimate of drug-likeness (QED) is 0.262. The van der Waals surface area contributed by atoms with Gasteiger partial charge in [-0.2, -0.15) is 0 Å². The molecule has 1 aliphatic rings. The summed E-state index contributed by atoms with van der Waals surface area (Å²) in [5, 5.41) is 11.5. The monoisotopic (exact) mass is 485 g/mol. The van der Waals surface area contributed by atoms with Gasteiger partial charge >= 0.3 is 0 Å². The van der Waals surface area contributed by atoms with E-state index >= 15 is 0 Å². The lowest BCUT2D eigenvalue weighted by atomic mass is 9.93. The standard InChI is InChI=1S/C30H31NO5/c1-17(2)36-24-14-12-21(16-20(24)5)28(32)26-27(22-9-7-8-10-25(22)35-6)31(30(34)29(26)33)23-13-11-18(3)15-19(23)4/h7-17,27,32H,1-6H3/b28-26+. The summed E-state index contributed by atoms with van der Waals surface area (Å²) >= 11 is 0. The lowest BCUT2D eigenvalue weighted by Gasteiger charge is -2.28. The van der Waals surface area contributed by atoms with Crippen molar-refractivity contribution in [3.8, 4) is 11.5 Å². The zero-order chi connectivity index (χ0) is 26.1. The number of Topliss-reactive ketones (excluding diaryl/α,β-unsaturated/α-hetero) is 1. The molecule has 6 heteroatoms. The molecule has 1 unspecified atom stereocenters. The minimum atomic E-state index is -0.866. The van der Waals surface area contributed by atoms with Crippen LogP contribution in [0.2, 0.25) is 0 Å². The fourth-order valence-corrected chi connectivity index (χ4v) is 4.68. The SMILES string of the molecule is COc1ccccc1C1/C(=C(\O)c2ccc(OC(C)C)c(C)c2)C(=O)C(=O)N1c1ccc(C)cc1C. The van der Waals surface area contributed by atoms with Crippen molar-refractivity contribution in [3.63, 3.8) is 0 Å². The number of aliphatic hydroxyl groups excluding tert-OH is 1. The molecule has 6 nitrogen and oxygen atoms in total. The molecule has 0 spiro atoms. The molecule has 36 heavy (non-hydrogen) atoms. The van der Waals surface area contributed by atoms with Crippen LogP contribution in [0.5, 0.6) is 11.5 Å². The van der Waals surface area contributed by atoms with Crippen molar-refractivity contribution in [2.45, 2.75) is 46.8 Å². The zero-order valence-corrected chi connectivity index (χ0v) is 21.5. The van der Waals surface area contributed by atoms with Gasteiger partial charge in [0.1, 0.15) is 17.3 Å². The van der Waals surface area contributed by atoms with Crippen LogP contribution in [0.4, 0.5) is 5.69 Å². The second-order valence-corrected chi connectivity index (χ2v) is 9.35. The van der Waals surface area contributed by atoms with Gasteiger partial charge in [0.15, 0.2) is 0 Å². The first-order valence-electron chi connectivity index (χ1n) is 11.9. The van der Waals surface area contributed by atoms with E-state index in [-0.39, 0.29) is 17.4 Å². The number of rotatable bonds is 6. The first kappa shape index (κ1) is 25.0. The topological polar surface area (TPSA) is 76.1 Å². The van der Waals surface area contributed by atoms with Crippen LogP contribution in [-0.2, 0) is 9.59 Å². The van der Waals surface area contributed by atoms with Crippen molar-refractivity contribution in [3.05, 3.63) is 94.1 Å². The van der Waals surface area contributed by atoms with Crippen LogP contribution in [0, 0.1) is 20.8 Å². The van der Waals surface area contributed by atoms with E-state index in [4.69, 9.17) is 9.47 Å². The van der Waals surface area contributed by atoms with Gasteiger partial charge in [0, 0.05) is 16.8 Å². The summed E-state index contributed by atoms with van der Waals surface area (Å²) in [4.78, 5) is 28.4. The maximum absolute atomic E-state index is 13.5. The van der Waals surface area contributed by atoms with Crippen LogP contribution in [0.1, 0.15) is 47.7 Å². The highest BCUT2D eigenvalue weighted by Crippen LogP contribution is 2.45. The van der Waals surface area contributed by atoms with Crippen molar-refractivity contribution in [2.75, 3.05) is 12.0 Å². The van der Waals surface area contributed by atoms with Crippen molar-refractivity contribution in [1.29, 1.82) is 0 Å². The molecular formula is C30H31NO5. The number of nitrogens with zero attached hydrogens (tertiary/aromatic N) is 1. The molecule has 1 N–H and O–H groups in total. The number of carbonyl (C=O) groups is 2. The van der Waals surface area contributed by atoms with Gasteiger partial charge in [-0.15, -0.1) is 0 Å². The summed E-state index contributed by atoms with van der Waals surface area (Å²) < 4.78 is 11.4. The van der Waals surface area contributed by atoms with Crippen LogP contribution in [0.3, 0.4) is 0 Å². The van der Waals surface area contributed by atoms with Crippen LogP contribution in [-0.4, -0.2) is 30.0 Å². The van der Waals surface area contributed by atoms with E-state index in [9.17, 15) is 14.7 Å². The number of aliphatic hydroxyl groups is 1. The number of ether oxygens (including phenoxy) is 2. The minimum Gasteiger partial charge on any atom is -0.507 e. The van der Waals surface area contributed by atoms with Gasteiger partial charge in [0.05, 0.1) is 24.8 Å². The Kier molecular flexibility index (Phi) is 6.88. The van der Waals surface area contributed by atoms with E-state index in [0.29, 0.717) is 28.3 Å². The summed E-state index contributed by atoms with van der Waals surface area (Å²) in [7, 11) is 1.54. The average Bonchev–Trinajstić information content (AvgIpc) is 3.10. The van der Waals surface area contributed by atoms with Gasteiger partial charge in [-0.1, -0.05) is 35.9 Å². The third kappa shape index (κ3) is 4.47. The Balaban J connectivity index is 1.95. The molecule has 1 atom stereocenters. The number of anilines is 1. The average molecular weight is 486 g/mol. The number of methoxy groups -OCH3 is 1. The van der Waals surface area contributed by atoms with Crippen LogP contribution < -0.4 is 14.4 Å². The molecule has 1 fully saturated rings. The summed E-state index contributed by atoms with van der Waals surface area (Å²) in [6.07, 6.45) is -0.00299. The van der Waals surface area contributed by atoms with Crippen LogP contribution in [0.15, 0.2) is 66.2 Å². The van der Waals surface area contributed by atoms with Crippen LogP contribution >= 0.6 is 0 Å². The zero-order valence-electron chi connectivity index (χ0n) is 21.5. The van der Waals surface area contributed by atoms with Gasteiger partial charge in [0.2, 0.25) is 0 Å². The number of carbonyl (C=O) groups excluding carboxylic acids is 2. The van der Waals surface area contributed by atoms with Gasteiger partial charge in [-0.25, -0.2) is 0 Å². The Hall–Kier alpha value is -4.06. The normalized spacial score (nSPS) is 17.1. The van der Waals surface area contributed by atoms with Gasteiger partial charge in [-0.3, -0.25) is 14.5 Å². The van der Waals surface area contributed by atoms with E-state index in [1.807, 2.05) is 71.0 Å². The van der Waals surface area contributed by atoms with Gasteiger partial charge < -0.3 is 14.6 Å². The Labute approximate surface area is 211 Å². The number of hydrogen-bond donors (Lipinski definition) is 1. The van der Waals surface area contributed by atoms with E-state index in [1.54, 1.807) is 31.4 Å². The van der Waals surface area contributed by atoms with Crippen molar-refractivity contribution in [1.82, 2.24) is 0 Å². The number of amides is 1. The van der Waals surface area contributed by atoms with Gasteiger partial charge in [-0.05, 0) is 76.1 Å². The van der Waals surface area contributed by atoms with Crippen molar-refractivity contribution in [2.24, 2.45) is 0 Å². The highest BCUT2D eigenvalue weighted by Gasteiger charge is 2.48. The highest BCUT2D eigenvalue weighted by atomic mass is 16.5. The molecule has 4 rings (SSSR count). The summed E-state index contributed by atoms with van der Waals surface area (Å²) in [5.74, 6) is -0.476. The molecule has 0 saturated carbocycles. The molecule has 186 valence electrons. The molecule has 1 aliphatic heterocycles. The molecule has 1 heterocycles. The number of benzene rings is 3. The van der Waals surface area contributed by atoms with Crippen LogP contribution in [0.25, 0.3) is 5.76 Å². The third-order valence-corrected chi connectivity index (χ3v) is 6.30. The Morgan fingerprint density at radius 1 is 0.917 bits per heavy atom. The van der Waals surface area contributed by atoms with Crippen molar-refractivity contribution >= 4 is 23.1 Å². The molecule has 1 saturated heterocycles. The first-order valence-corrected chi connectivity index (χ1v) is 11.9. The molecule has 3 aromatic rings. The van der Waals surface area contributed by atoms with E-state index < -0.39 is 17.7 Å². The number of ketones is 1. The largest absolute Gasteiger partial charge is 0.507 e. The second-order valence-electron chi connectivity index (χ2n) is 9.35. The van der Waals surface area contributed by atoms with E-state index in [0.717, 1.165) is 16.7 Å². The molecule has 3 aromatic carbocycles. The number of aryl methyl sites for hydroxylation is 3. The summed E-state index contributed by atoms with van der Waals surface area (Å²) in [5.41, 5.74) is 4.36. The molecule has 0 aromatic heterocycles. The predicted molar refractivity (Wildman–Crippen MR) is 141 cm³/mol. The first-order chi connectivity index (χ1) is 17.1. The number of hydrogen-bond acceptors (Lipinski definition) is 5.